The van der Waals surface area contributed by atoms with Crippen LogP contribution in [0.25, 0.3) is 0 Å². The molecule has 1 amide bonds. The van der Waals surface area contributed by atoms with E-state index in [0.717, 1.165) is 12.0 Å². The first-order valence-corrected chi connectivity index (χ1v) is 9.36. The molecule has 0 aromatic heterocycles. The largest absolute Gasteiger partial charge is 0.452 e. The monoisotopic (exact) mass is 339 g/mol. The zero-order valence-electron chi connectivity index (χ0n) is 13.3. The second kappa shape index (κ2) is 7.12. The van der Waals surface area contributed by atoms with Gasteiger partial charge in [-0.3, -0.25) is 4.79 Å². The highest BCUT2D eigenvalue weighted by molar-refractivity contribution is 7.91. The Morgan fingerprint density at radius 2 is 1.91 bits per heavy atom. The Hall–Kier alpha value is -1.89. The lowest BCUT2D eigenvalue weighted by Gasteiger charge is -2.23. The summed E-state index contributed by atoms with van der Waals surface area (Å²) in [7, 11) is -1.52. The molecule has 0 bridgehead atoms. The molecule has 23 heavy (non-hydrogen) atoms. The molecule has 0 N–H and O–H groups in total. The SMILES string of the molecule is CCc1ccc(C(=O)OCC(=O)N(C)C2CCS(=O)(=O)C2)cc1. The van der Waals surface area contributed by atoms with Crippen molar-refractivity contribution in [2.24, 2.45) is 0 Å². The number of hydrogen-bond donors (Lipinski definition) is 0. The number of amides is 1. The van der Waals surface area contributed by atoms with Crippen molar-refractivity contribution in [3.8, 4) is 0 Å². The van der Waals surface area contributed by atoms with Gasteiger partial charge in [-0.15, -0.1) is 0 Å². The zero-order chi connectivity index (χ0) is 17.0. The summed E-state index contributed by atoms with van der Waals surface area (Å²) in [6.07, 6.45) is 1.31. The van der Waals surface area contributed by atoms with Gasteiger partial charge in [0.1, 0.15) is 0 Å². The number of esters is 1. The summed E-state index contributed by atoms with van der Waals surface area (Å²) in [6, 6.07) is 6.68. The van der Waals surface area contributed by atoms with E-state index >= 15 is 0 Å². The molecule has 0 aliphatic carbocycles. The van der Waals surface area contributed by atoms with Gasteiger partial charge in [-0.1, -0.05) is 19.1 Å². The minimum absolute atomic E-state index is 0.0261. The van der Waals surface area contributed by atoms with Gasteiger partial charge in [-0.05, 0) is 30.5 Å². The number of rotatable bonds is 5. The van der Waals surface area contributed by atoms with E-state index in [1.54, 1.807) is 12.1 Å². The predicted molar refractivity (Wildman–Crippen MR) is 85.9 cm³/mol. The average Bonchev–Trinajstić information content (AvgIpc) is 2.91. The first-order valence-electron chi connectivity index (χ1n) is 7.54. The number of benzene rings is 1. The zero-order valence-corrected chi connectivity index (χ0v) is 14.1. The highest BCUT2D eigenvalue weighted by atomic mass is 32.2. The number of carbonyl (C=O) groups is 2. The number of nitrogens with zero attached hydrogens (tertiary/aromatic N) is 1. The molecule has 1 aliphatic heterocycles. The molecule has 0 saturated carbocycles. The Kier molecular flexibility index (Phi) is 5.41. The normalized spacial score (nSPS) is 19.3. The van der Waals surface area contributed by atoms with Gasteiger partial charge < -0.3 is 9.64 Å². The van der Waals surface area contributed by atoms with Crippen molar-refractivity contribution in [3.63, 3.8) is 0 Å². The van der Waals surface area contributed by atoms with Crippen LogP contribution in [-0.4, -0.2) is 56.4 Å². The maximum atomic E-state index is 12.0. The van der Waals surface area contributed by atoms with Gasteiger partial charge >= 0.3 is 5.97 Å². The summed E-state index contributed by atoms with van der Waals surface area (Å²) in [5.74, 6) is -0.889. The van der Waals surface area contributed by atoms with Crippen molar-refractivity contribution in [1.82, 2.24) is 4.90 Å². The van der Waals surface area contributed by atoms with Crippen molar-refractivity contribution in [2.75, 3.05) is 25.2 Å². The summed E-state index contributed by atoms with van der Waals surface area (Å²) in [4.78, 5) is 25.3. The molecular weight excluding hydrogens is 318 g/mol. The molecule has 1 heterocycles. The molecule has 0 spiro atoms. The van der Waals surface area contributed by atoms with Gasteiger partial charge in [0.25, 0.3) is 5.91 Å². The minimum Gasteiger partial charge on any atom is -0.452 e. The Labute approximate surface area is 136 Å². The van der Waals surface area contributed by atoms with Gasteiger partial charge in [0.05, 0.1) is 17.1 Å². The molecule has 1 aliphatic rings. The standard InChI is InChI=1S/C16H21NO5S/c1-3-12-4-6-13(7-5-12)16(19)22-10-15(18)17(2)14-8-9-23(20,21)11-14/h4-7,14H,3,8-11H2,1-2H3. The van der Waals surface area contributed by atoms with Crippen molar-refractivity contribution in [2.45, 2.75) is 25.8 Å². The van der Waals surface area contributed by atoms with E-state index in [0.29, 0.717) is 12.0 Å². The van der Waals surface area contributed by atoms with E-state index in [4.69, 9.17) is 4.74 Å². The van der Waals surface area contributed by atoms with Crippen LogP contribution in [-0.2, 0) is 25.8 Å². The van der Waals surface area contributed by atoms with Crippen LogP contribution >= 0.6 is 0 Å². The molecule has 1 fully saturated rings. The smallest absolute Gasteiger partial charge is 0.338 e. The molecule has 1 saturated heterocycles. The quantitative estimate of drug-likeness (QED) is 0.749. The summed E-state index contributed by atoms with van der Waals surface area (Å²) in [5, 5.41) is 0. The summed E-state index contributed by atoms with van der Waals surface area (Å²) >= 11 is 0. The fourth-order valence-electron chi connectivity index (χ4n) is 2.47. The molecule has 2 rings (SSSR count). The van der Waals surface area contributed by atoms with Crippen LogP contribution in [0.3, 0.4) is 0 Å². The molecule has 1 aromatic rings. The first-order chi connectivity index (χ1) is 10.8. The molecular formula is C16H21NO5S. The highest BCUT2D eigenvalue weighted by Gasteiger charge is 2.32. The lowest BCUT2D eigenvalue weighted by Crippen LogP contribution is -2.40. The van der Waals surface area contributed by atoms with Crippen LogP contribution in [0.1, 0.15) is 29.3 Å². The lowest BCUT2D eigenvalue weighted by molar-refractivity contribution is -0.134. The third-order valence-corrected chi connectivity index (χ3v) is 5.82. The van der Waals surface area contributed by atoms with Crippen LogP contribution in [0.5, 0.6) is 0 Å². The number of sulfone groups is 1. The van der Waals surface area contributed by atoms with Crippen LogP contribution in [0.15, 0.2) is 24.3 Å². The first kappa shape index (κ1) is 17.5. The molecule has 1 atom stereocenters. The van der Waals surface area contributed by atoms with Crippen LogP contribution < -0.4 is 0 Å². The van der Waals surface area contributed by atoms with Crippen LogP contribution in [0.4, 0.5) is 0 Å². The Balaban J connectivity index is 1.86. The van der Waals surface area contributed by atoms with Gasteiger partial charge in [-0.2, -0.15) is 0 Å². The van der Waals surface area contributed by atoms with Crippen molar-refractivity contribution in [3.05, 3.63) is 35.4 Å². The van der Waals surface area contributed by atoms with E-state index in [1.807, 2.05) is 19.1 Å². The maximum Gasteiger partial charge on any atom is 0.338 e. The number of likely N-dealkylation sites (N-methyl/N-ethyl adjacent to an activating group) is 1. The molecule has 6 nitrogen and oxygen atoms in total. The highest BCUT2D eigenvalue weighted by Crippen LogP contribution is 2.16. The number of aryl methyl sites for hydroxylation is 1. The van der Waals surface area contributed by atoms with Crippen LogP contribution in [0, 0.1) is 0 Å². The topological polar surface area (TPSA) is 80.8 Å². The summed E-state index contributed by atoms with van der Waals surface area (Å²) in [6.45, 7) is 1.63. The minimum atomic E-state index is -3.06. The second-order valence-corrected chi connectivity index (χ2v) is 7.92. The number of ether oxygens (including phenoxy) is 1. The van der Waals surface area contributed by atoms with Crippen molar-refractivity contribution < 1.29 is 22.7 Å². The molecule has 1 aromatic carbocycles. The maximum absolute atomic E-state index is 12.0. The fraction of sp³-hybridized carbons (Fsp3) is 0.500. The van der Waals surface area contributed by atoms with Gasteiger partial charge in [0, 0.05) is 13.1 Å². The van der Waals surface area contributed by atoms with Crippen molar-refractivity contribution >= 4 is 21.7 Å². The van der Waals surface area contributed by atoms with Crippen molar-refractivity contribution in [1.29, 1.82) is 0 Å². The summed E-state index contributed by atoms with van der Waals surface area (Å²) < 4.78 is 27.9. The van der Waals surface area contributed by atoms with E-state index in [9.17, 15) is 18.0 Å². The fourth-order valence-corrected chi connectivity index (χ4v) is 4.25. The molecule has 7 heteroatoms. The molecule has 1 unspecified atom stereocenters. The Morgan fingerprint density at radius 3 is 2.43 bits per heavy atom. The second-order valence-electron chi connectivity index (χ2n) is 5.69. The third-order valence-electron chi connectivity index (χ3n) is 4.07. The van der Waals surface area contributed by atoms with Gasteiger partial charge in [0.2, 0.25) is 0 Å². The van der Waals surface area contributed by atoms with E-state index in [1.165, 1.54) is 11.9 Å². The van der Waals surface area contributed by atoms with Crippen LogP contribution in [0.2, 0.25) is 0 Å². The number of carbonyl (C=O) groups excluding carboxylic acids is 2. The summed E-state index contributed by atoms with van der Waals surface area (Å²) in [5.41, 5.74) is 1.50. The number of hydrogen-bond acceptors (Lipinski definition) is 5. The van der Waals surface area contributed by atoms with E-state index < -0.39 is 21.7 Å². The molecule has 0 radical (unpaired) electrons. The third kappa shape index (κ3) is 4.54. The van der Waals surface area contributed by atoms with E-state index in [-0.39, 0.29) is 24.2 Å². The Bertz CT molecular complexity index is 681. The van der Waals surface area contributed by atoms with Gasteiger partial charge in [-0.25, -0.2) is 13.2 Å². The average molecular weight is 339 g/mol. The van der Waals surface area contributed by atoms with E-state index in [2.05, 4.69) is 0 Å². The lowest BCUT2D eigenvalue weighted by atomic mass is 10.1. The predicted octanol–water partition coefficient (Wildman–Crippen LogP) is 1.05. The molecule has 126 valence electrons. The Morgan fingerprint density at radius 1 is 1.26 bits per heavy atom. The van der Waals surface area contributed by atoms with Gasteiger partial charge in [0.15, 0.2) is 16.4 Å².